The van der Waals surface area contributed by atoms with E-state index in [0.29, 0.717) is 10.2 Å². The molecule has 0 atom stereocenters. The Kier molecular flexibility index (Phi) is 4.38. The summed E-state index contributed by atoms with van der Waals surface area (Å²) < 4.78 is 6.10. The van der Waals surface area contributed by atoms with Gasteiger partial charge in [-0.3, -0.25) is 0 Å². The van der Waals surface area contributed by atoms with Crippen LogP contribution in [0.1, 0.15) is 35.3 Å². The Morgan fingerprint density at radius 2 is 2.18 bits per heavy atom. The van der Waals surface area contributed by atoms with E-state index in [-0.39, 0.29) is 16.9 Å². The average molecular weight is 319 g/mol. The van der Waals surface area contributed by atoms with Crippen LogP contribution in [0.15, 0.2) is 17.1 Å². The molecule has 0 aliphatic heterocycles. The standard InChI is InChI=1S/C12H15BrO3S/c1-7(13)6-16-8-5-9(12(2,3)4)17-10(8)11(14)15/h5H,1,6H2,2-4H3,(H,14,15). The molecule has 1 aromatic heterocycles. The van der Waals surface area contributed by atoms with E-state index in [9.17, 15) is 4.79 Å². The van der Waals surface area contributed by atoms with Crippen molar-refractivity contribution in [3.8, 4) is 5.75 Å². The molecular weight excluding hydrogens is 304 g/mol. The number of halogens is 1. The number of ether oxygens (including phenoxy) is 1. The topological polar surface area (TPSA) is 46.5 Å². The van der Waals surface area contributed by atoms with Crippen LogP contribution in [-0.4, -0.2) is 17.7 Å². The lowest BCUT2D eigenvalue weighted by Gasteiger charge is -2.14. The fourth-order valence-corrected chi connectivity index (χ4v) is 2.27. The van der Waals surface area contributed by atoms with Gasteiger partial charge >= 0.3 is 5.97 Å². The van der Waals surface area contributed by atoms with Gasteiger partial charge in [-0.2, -0.15) is 0 Å². The number of hydrogen-bond acceptors (Lipinski definition) is 3. The average Bonchev–Trinajstić information content (AvgIpc) is 2.57. The summed E-state index contributed by atoms with van der Waals surface area (Å²) in [6.45, 7) is 10.0. The molecule has 17 heavy (non-hydrogen) atoms. The van der Waals surface area contributed by atoms with E-state index < -0.39 is 5.97 Å². The van der Waals surface area contributed by atoms with Gasteiger partial charge in [-0.1, -0.05) is 43.3 Å². The maximum absolute atomic E-state index is 11.1. The molecule has 5 heteroatoms. The van der Waals surface area contributed by atoms with Crippen LogP contribution in [0.4, 0.5) is 0 Å². The zero-order valence-corrected chi connectivity index (χ0v) is 12.4. The smallest absolute Gasteiger partial charge is 0.349 e. The Labute approximate surface area is 113 Å². The van der Waals surface area contributed by atoms with Gasteiger partial charge in [0.15, 0.2) is 4.88 Å². The summed E-state index contributed by atoms with van der Waals surface area (Å²) in [6.07, 6.45) is 0. The molecule has 94 valence electrons. The fourth-order valence-electron chi connectivity index (χ4n) is 1.16. The Morgan fingerprint density at radius 3 is 2.59 bits per heavy atom. The maximum Gasteiger partial charge on any atom is 0.349 e. The van der Waals surface area contributed by atoms with Crippen molar-refractivity contribution in [3.63, 3.8) is 0 Å². The molecule has 1 N–H and O–H groups in total. The van der Waals surface area contributed by atoms with Crippen molar-refractivity contribution in [2.75, 3.05) is 6.61 Å². The predicted molar refractivity (Wildman–Crippen MR) is 73.5 cm³/mol. The second-order valence-electron chi connectivity index (χ2n) is 4.67. The van der Waals surface area contributed by atoms with Crippen LogP contribution in [0.3, 0.4) is 0 Å². The normalized spacial score (nSPS) is 11.3. The summed E-state index contributed by atoms with van der Waals surface area (Å²) in [6, 6.07) is 1.80. The maximum atomic E-state index is 11.1. The number of carboxylic acids is 1. The summed E-state index contributed by atoms with van der Waals surface area (Å²) in [5.41, 5.74) is -0.0815. The van der Waals surface area contributed by atoms with Crippen molar-refractivity contribution < 1.29 is 14.6 Å². The van der Waals surface area contributed by atoms with Crippen LogP contribution in [0.25, 0.3) is 0 Å². The largest absolute Gasteiger partial charge is 0.487 e. The summed E-state index contributed by atoms with van der Waals surface area (Å²) in [7, 11) is 0. The summed E-state index contributed by atoms with van der Waals surface area (Å²) in [5, 5.41) is 9.11. The van der Waals surface area contributed by atoms with Gasteiger partial charge in [-0.25, -0.2) is 4.79 Å². The van der Waals surface area contributed by atoms with Gasteiger partial charge in [0.25, 0.3) is 0 Å². The second kappa shape index (κ2) is 5.23. The highest BCUT2D eigenvalue weighted by atomic mass is 79.9. The minimum atomic E-state index is -0.958. The molecule has 0 fully saturated rings. The zero-order valence-electron chi connectivity index (χ0n) is 10.0. The zero-order chi connectivity index (χ0) is 13.2. The van der Waals surface area contributed by atoms with E-state index in [1.54, 1.807) is 6.07 Å². The van der Waals surface area contributed by atoms with Crippen molar-refractivity contribution in [1.82, 2.24) is 0 Å². The first-order valence-electron chi connectivity index (χ1n) is 5.05. The van der Waals surface area contributed by atoms with Crippen molar-refractivity contribution in [3.05, 3.63) is 26.9 Å². The minimum absolute atomic E-state index is 0.0815. The third kappa shape index (κ3) is 3.85. The van der Waals surface area contributed by atoms with Crippen LogP contribution in [0, 0.1) is 0 Å². The first kappa shape index (κ1) is 14.3. The Hall–Kier alpha value is -0.810. The predicted octanol–water partition coefficient (Wildman–Crippen LogP) is 4.03. The molecule has 1 heterocycles. The highest BCUT2D eigenvalue weighted by molar-refractivity contribution is 9.11. The van der Waals surface area contributed by atoms with Crippen molar-refractivity contribution in [2.45, 2.75) is 26.2 Å². The van der Waals surface area contributed by atoms with Gasteiger partial charge in [0.1, 0.15) is 12.4 Å². The molecule has 0 aliphatic carbocycles. The van der Waals surface area contributed by atoms with Gasteiger partial charge in [0.2, 0.25) is 0 Å². The highest BCUT2D eigenvalue weighted by Crippen LogP contribution is 2.37. The lowest BCUT2D eigenvalue weighted by Crippen LogP contribution is -2.08. The summed E-state index contributed by atoms with van der Waals surface area (Å²) in [4.78, 5) is 12.3. The Bertz CT molecular complexity index is 443. The molecule has 0 amide bonds. The van der Waals surface area contributed by atoms with E-state index in [0.717, 1.165) is 4.88 Å². The third-order valence-corrected chi connectivity index (χ3v) is 3.77. The quantitative estimate of drug-likeness (QED) is 0.911. The molecule has 3 nitrogen and oxygen atoms in total. The van der Waals surface area contributed by atoms with E-state index in [1.165, 1.54) is 11.3 Å². The van der Waals surface area contributed by atoms with Crippen molar-refractivity contribution in [1.29, 1.82) is 0 Å². The minimum Gasteiger partial charge on any atom is -0.487 e. The van der Waals surface area contributed by atoms with Gasteiger partial charge < -0.3 is 9.84 Å². The molecule has 0 bridgehead atoms. The van der Waals surface area contributed by atoms with Gasteiger partial charge in [0.05, 0.1) is 0 Å². The van der Waals surface area contributed by atoms with Crippen LogP contribution in [0.5, 0.6) is 5.75 Å². The molecular formula is C12H15BrO3S. The number of aromatic carboxylic acids is 1. The summed E-state index contributed by atoms with van der Waals surface area (Å²) in [5.74, 6) is -0.547. The monoisotopic (exact) mass is 318 g/mol. The molecule has 0 spiro atoms. The van der Waals surface area contributed by atoms with Gasteiger partial charge in [0, 0.05) is 9.36 Å². The second-order valence-corrected chi connectivity index (χ2v) is 6.84. The molecule has 0 unspecified atom stereocenters. The molecule has 0 saturated heterocycles. The lowest BCUT2D eigenvalue weighted by molar-refractivity contribution is 0.0698. The van der Waals surface area contributed by atoms with Gasteiger partial charge in [-0.05, 0) is 11.5 Å². The molecule has 0 saturated carbocycles. The number of carboxylic acid groups (broad SMARTS) is 1. The SMILES string of the molecule is C=C(Br)COc1cc(C(C)(C)C)sc1C(=O)O. The third-order valence-electron chi connectivity index (χ3n) is 2.02. The van der Waals surface area contributed by atoms with E-state index in [4.69, 9.17) is 9.84 Å². The number of carbonyl (C=O) groups is 1. The molecule has 0 radical (unpaired) electrons. The molecule has 1 rings (SSSR count). The highest BCUT2D eigenvalue weighted by Gasteiger charge is 2.23. The summed E-state index contributed by atoms with van der Waals surface area (Å²) >= 11 is 4.43. The molecule has 0 aromatic carbocycles. The number of hydrogen-bond donors (Lipinski definition) is 1. The van der Waals surface area contributed by atoms with Gasteiger partial charge in [-0.15, -0.1) is 11.3 Å². The van der Waals surface area contributed by atoms with Crippen LogP contribution in [-0.2, 0) is 5.41 Å². The first-order chi connectivity index (χ1) is 7.71. The Balaban J connectivity index is 3.06. The number of rotatable bonds is 4. The lowest BCUT2D eigenvalue weighted by atomic mass is 9.95. The fraction of sp³-hybridized carbons (Fsp3) is 0.417. The van der Waals surface area contributed by atoms with E-state index in [2.05, 4.69) is 22.5 Å². The van der Waals surface area contributed by atoms with Crippen molar-refractivity contribution >= 4 is 33.2 Å². The molecule has 1 aromatic rings. The number of thiophene rings is 1. The van der Waals surface area contributed by atoms with E-state index in [1.807, 2.05) is 20.8 Å². The molecule has 0 aliphatic rings. The Morgan fingerprint density at radius 1 is 1.59 bits per heavy atom. The first-order valence-corrected chi connectivity index (χ1v) is 6.66. The van der Waals surface area contributed by atoms with Crippen LogP contribution < -0.4 is 4.74 Å². The van der Waals surface area contributed by atoms with Crippen LogP contribution in [0.2, 0.25) is 0 Å². The van der Waals surface area contributed by atoms with E-state index >= 15 is 0 Å². The van der Waals surface area contributed by atoms with Crippen molar-refractivity contribution in [2.24, 2.45) is 0 Å². The van der Waals surface area contributed by atoms with Crippen LogP contribution >= 0.6 is 27.3 Å².